The normalized spacial score (nSPS) is 23.6. The number of anilines is 1. The number of nitrogens with one attached hydrogen (secondary N) is 1. The molecule has 4 aromatic rings. The zero-order chi connectivity index (χ0) is 33.5. The number of halogens is 2. The number of aromatic nitrogens is 2. The molecule has 10 heteroatoms. The molecule has 9 rings (SSSR count). The van der Waals surface area contributed by atoms with Crippen molar-refractivity contribution in [2.75, 3.05) is 51.3 Å². The molecule has 4 heterocycles. The van der Waals surface area contributed by atoms with Crippen LogP contribution in [0.25, 0.3) is 32.8 Å². The molecule has 3 saturated heterocycles. The van der Waals surface area contributed by atoms with Crippen LogP contribution in [0.2, 0.25) is 0 Å². The van der Waals surface area contributed by atoms with Gasteiger partial charge in [0.15, 0.2) is 5.82 Å². The van der Waals surface area contributed by atoms with Crippen molar-refractivity contribution in [1.82, 2.24) is 20.2 Å². The molecule has 49 heavy (non-hydrogen) atoms. The molecule has 2 unspecified atom stereocenters. The molecule has 2 aliphatic carbocycles. The van der Waals surface area contributed by atoms with Gasteiger partial charge in [-0.2, -0.15) is 9.97 Å². The first-order chi connectivity index (χ1) is 23.8. The van der Waals surface area contributed by atoms with E-state index < -0.39 is 11.6 Å². The fourth-order valence-electron chi connectivity index (χ4n) is 8.70. The maximum atomic E-state index is 17.3. The molecular formula is C39H41F2N5O3. The Labute approximate surface area is 284 Å². The van der Waals surface area contributed by atoms with Crippen LogP contribution in [-0.4, -0.2) is 78.5 Å². The number of aromatic hydroxyl groups is 1. The SMILES string of the molecule is C#Cc1c(F)ccc2cc(O)cc(-c3c(OC)cc4c(N5CC6CCC(C5)N6)nc(OCC5(CN6CCC7(CC6)CC7)CC5)nc4c3F)c12. The minimum Gasteiger partial charge on any atom is -0.508 e. The molecule has 254 valence electrons. The first-order valence-corrected chi connectivity index (χ1v) is 17.6. The second-order valence-electron chi connectivity index (χ2n) is 15.3. The molecule has 3 aliphatic heterocycles. The summed E-state index contributed by atoms with van der Waals surface area (Å²) in [6, 6.07) is 8.18. The lowest BCUT2D eigenvalue weighted by Crippen LogP contribution is -2.51. The third-order valence-electron chi connectivity index (χ3n) is 12.0. The molecule has 2 N–H and O–H groups in total. The fraction of sp³-hybridized carbons (Fsp3) is 0.487. The maximum absolute atomic E-state index is 17.3. The highest BCUT2D eigenvalue weighted by atomic mass is 19.1. The fourth-order valence-corrected chi connectivity index (χ4v) is 8.70. The Hall–Kier alpha value is -4.20. The maximum Gasteiger partial charge on any atom is 0.319 e. The van der Waals surface area contributed by atoms with Gasteiger partial charge in [-0.25, -0.2) is 8.78 Å². The Morgan fingerprint density at radius 3 is 2.45 bits per heavy atom. The summed E-state index contributed by atoms with van der Waals surface area (Å²) in [5.41, 5.74) is 0.996. The molecule has 1 spiro atoms. The summed E-state index contributed by atoms with van der Waals surface area (Å²) in [5, 5.41) is 15.7. The number of phenolic OH excluding ortho intramolecular Hbond substituents is 1. The molecule has 0 amide bonds. The third-order valence-corrected chi connectivity index (χ3v) is 12.0. The molecular weight excluding hydrogens is 624 g/mol. The van der Waals surface area contributed by atoms with Gasteiger partial charge in [0, 0.05) is 53.5 Å². The van der Waals surface area contributed by atoms with Crippen molar-refractivity contribution in [1.29, 1.82) is 0 Å². The minimum atomic E-state index is -0.677. The Morgan fingerprint density at radius 2 is 1.78 bits per heavy atom. The number of hydrogen-bond acceptors (Lipinski definition) is 8. The molecule has 2 saturated carbocycles. The molecule has 3 aromatic carbocycles. The summed E-state index contributed by atoms with van der Waals surface area (Å²) >= 11 is 0. The van der Waals surface area contributed by atoms with Crippen LogP contribution in [0.15, 0.2) is 30.3 Å². The number of phenols is 1. The Kier molecular flexibility index (Phi) is 7.19. The molecule has 8 nitrogen and oxygen atoms in total. The van der Waals surface area contributed by atoms with Crippen LogP contribution in [0, 0.1) is 34.8 Å². The van der Waals surface area contributed by atoms with Gasteiger partial charge in [-0.1, -0.05) is 12.0 Å². The van der Waals surface area contributed by atoms with Gasteiger partial charge >= 0.3 is 6.01 Å². The van der Waals surface area contributed by atoms with Gasteiger partial charge in [0.05, 0.1) is 24.8 Å². The molecule has 2 atom stereocenters. The van der Waals surface area contributed by atoms with E-state index in [1.54, 1.807) is 6.07 Å². The number of fused-ring (bicyclic) bond motifs is 4. The lowest BCUT2D eigenvalue weighted by atomic mass is 9.92. The third kappa shape index (κ3) is 5.42. The number of terminal acetylenes is 1. The Morgan fingerprint density at radius 1 is 1.02 bits per heavy atom. The second kappa shape index (κ2) is 11.4. The summed E-state index contributed by atoms with van der Waals surface area (Å²) in [4.78, 5) is 14.5. The van der Waals surface area contributed by atoms with Gasteiger partial charge in [-0.3, -0.25) is 0 Å². The number of methoxy groups -OCH3 is 1. The lowest BCUT2D eigenvalue weighted by molar-refractivity contribution is 0.115. The number of piperazine rings is 1. The van der Waals surface area contributed by atoms with Gasteiger partial charge in [0.25, 0.3) is 0 Å². The molecule has 1 aromatic heterocycles. The average molecular weight is 666 g/mol. The van der Waals surface area contributed by atoms with Gasteiger partial charge < -0.3 is 29.7 Å². The number of ether oxygens (including phenoxy) is 2. The van der Waals surface area contributed by atoms with Crippen LogP contribution >= 0.6 is 0 Å². The predicted octanol–water partition coefficient (Wildman–Crippen LogP) is 6.40. The summed E-state index contributed by atoms with van der Waals surface area (Å²) in [5.74, 6) is 1.84. The second-order valence-corrected chi connectivity index (χ2v) is 15.3. The number of benzene rings is 3. The first kappa shape index (κ1) is 30.8. The van der Waals surface area contributed by atoms with E-state index >= 15 is 8.78 Å². The van der Waals surface area contributed by atoms with Crippen LogP contribution in [0.4, 0.5) is 14.6 Å². The summed E-state index contributed by atoms with van der Waals surface area (Å²) in [6.45, 7) is 5.23. The van der Waals surface area contributed by atoms with Crippen LogP contribution in [-0.2, 0) is 0 Å². The van der Waals surface area contributed by atoms with Crippen molar-refractivity contribution in [3.05, 3.63) is 47.5 Å². The van der Waals surface area contributed by atoms with Gasteiger partial charge in [0.2, 0.25) is 0 Å². The van der Waals surface area contributed by atoms with Crippen molar-refractivity contribution >= 4 is 27.5 Å². The molecule has 5 aliphatic rings. The van der Waals surface area contributed by atoms with Crippen LogP contribution in [0.5, 0.6) is 17.5 Å². The number of nitrogens with zero attached hydrogens (tertiary/aromatic N) is 4. The van der Waals surface area contributed by atoms with E-state index in [2.05, 4.69) is 21.0 Å². The van der Waals surface area contributed by atoms with Gasteiger partial charge in [0.1, 0.15) is 28.7 Å². The smallest absolute Gasteiger partial charge is 0.319 e. The van der Waals surface area contributed by atoms with Crippen molar-refractivity contribution in [2.45, 2.75) is 63.5 Å². The topological polar surface area (TPSA) is 83.0 Å². The highest BCUT2D eigenvalue weighted by molar-refractivity contribution is 6.05. The van der Waals surface area contributed by atoms with E-state index in [-0.39, 0.29) is 45.1 Å². The van der Waals surface area contributed by atoms with Gasteiger partial charge in [-0.05, 0) is 99.5 Å². The van der Waals surface area contributed by atoms with E-state index in [9.17, 15) is 5.11 Å². The average Bonchev–Trinajstić information content (AvgIpc) is 4.03. The molecule has 5 fully saturated rings. The Bertz CT molecular complexity index is 2020. The minimum absolute atomic E-state index is 0.0199. The lowest BCUT2D eigenvalue weighted by Gasteiger charge is -2.35. The van der Waals surface area contributed by atoms with Crippen molar-refractivity contribution in [2.24, 2.45) is 10.8 Å². The van der Waals surface area contributed by atoms with Crippen LogP contribution in [0.1, 0.15) is 56.9 Å². The summed E-state index contributed by atoms with van der Waals surface area (Å²) in [6.07, 6.45) is 15.5. The van der Waals surface area contributed by atoms with E-state index in [0.29, 0.717) is 46.1 Å². The predicted molar refractivity (Wildman–Crippen MR) is 185 cm³/mol. The van der Waals surface area contributed by atoms with Gasteiger partial charge in [-0.15, -0.1) is 6.42 Å². The first-order valence-electron chi connectivity index (χ1n) is 17.6. The number of piperidine rings is 1. The highest BCUT2D eigenvalue weighted by Gasteiger charge is 2.49. The number of hydrogen-bond donors (Lipinski definition) is 2. The number of likely N-dealkylation sites (tertiary alicyclic amines) is 1. The van der Waals surface area contributed by atoms with Crippen molar-refractivity contribution < 1.29 is 23.4 Å². The zero-order valence-electron chi connectivity index (χ0n) is 27.8. The van der Waals surface area contributed by atoms with E-state index in [1.165, 1.54) is 57.1 Å². The number of rotatable bonds is 8. The zero-order valence-corrected chi connectivity index (χ0v) is 27.8. The highest BCUT2D eigenvalue weighted by Crippen LogP contribution is 2.55. The quantitative estimate of drug-likeness (QED) is 0.210. The van der Waals surface area contributed by atoms with E-state index in [1.807, 2.05) is 0 Å². The molecule has 2 bridgehead atoms. The standard InChI is InChI=1S/C39H41F2N5O3/c1-3-27-30(40)7-4-23-16-26(47)17-28(32(23)27)33-31(48-2)18-29-35(34(33)41)43-37(44-36(29)46-19-24-5-6-25(20-46)42-24)49-22-39(10-11-39)21-45-14-12-38(8-9-38)13-15-45/h1,4,7,16-18,24-25,42,47H,5-6,8-15,19-22H2,2H3. The molecule has 0 radical (unpaired) electrons. The van der Waals surface area contributed by atoms with E-state index in [4.69, 9.17) is 25.9 Å². The van der Waals surface area contributed by atoms with Crippen molar-refractivity contribution in [3.8, 4) is 41.0 Å². The summed E-state index contributed by atoms with van der Waals surface area (Å²) < 4.78 is 44.5. The largest absolute Gasteiger partial charge is 0.508 e. The monoisotopic (exact) mass is 665 g/mol. The van der Waals surface area contributed by atoms with Crippen LogP contribution in [0.3, 0.4) is 0 Å². The Balaban J connectivity index is 1.14. The van der Waals surface area contributed by atoms with Crippen molar-refractivity contribution in [3.63, 3.8) is 0 Å². The van der Waals surface area contributed by atoms with Crippen LogP contribution < -0.4 is 19.7 Å². The summed E-state index contributed by atoms with van der Waals surface area (Å²) in [7, 11) is 1.46. The van der Waals surface area contributed by atoms with E-state index in [0.717, 1.165) is 58.4 Å².